The maximum Gasteiger partial charge on any atom is 0.417 e. The van der Waals surface area contributed by atoms with Crippen LogP contribution >= 0.6 is 0 Å². The Morgan fingerprint density at radius 2 is 1.87 bits per heavy atom. The first-order valence-corrected chi connectivity index (χ1v) is 7.81. The van der Waals surface area contributed by atoms with Crippen LogP contribution in [0.2, 0.25) is 0 Å². The van der Waals surface area contributed by atoms with Crippen LogP contribution in [-0.4, -0.2) is 20.0 Å². The molecule has 0 fully saturated rings. The van der Waals surface area contributed by atoms with Gasteiger partial charge in [0.2, 0.25) is 10.0 Å². The Hall–Kier alpha value is -2.31. The van der Waals surface area contributed by atoms with E-state index in [0.717, 1.165) is 19.2 Å². The number of nitriles is 1. The summed E-state index contributed by atoms with van der Waals surface area (Å²) < 4.78 is 66.6. The number of nitrogens with zero attached hydrogens (tertiary/aromatic N) is 2. The summed E-state index contributed by atoms with van der Waals surface area (Å²) in [4.78, 5) is -0.842. The monoisotopic (exact) mass is 343 g/mol. The molecule has 0 saturated heterocycles. The van der Waals surface area contributed by atoms with Crippen molar-refractivity contribution in [2.24, 2.45) is 7.05 Å². The van der Waals surface area contributed by atoms with E-state index in [-0.39, 0.29) is 11.3 Å². The number of aromatic nitrogens is 1. The molecule has 0 aliphatic heterocycles. The molecule has 1 N–H and O–H groups in total. The van der Waals surface area contributed by atoms with Crippen LogP contribution in [0.25, 0.3) is 11.3 Å². The van der Waals surface area contributed by atoms with Gasteiger partial charge >= 0.3 is 6.18 Å². The number of sulfonamides is 1. The van der Waals surface area contributed by atoms with Gasteiger partial charge in [0.1, 0.15) is 11.8 Å². The zero-order valence-electron chi connectivity index (χ0n) is 12.1. The normalized spacial score (nSPS) is 12.2. The van der Waals surface area contributed by atoms with Crippen molar-refractivity contribution in [2.75, 3.05) is 7.05 Å². The maximum atomic E-state index is 13.2. The molecule has 0 aliphatic rings. The topological polar surface area (TPSA) is 74.9 Å². The quantitative estimate of drug-likeness (QED) is 0.930. The van der Waals surface area contributed by atoms with Crippen LogP contribution < -0.4 is 4.72 Å². The molecular weight excluding hydrogens is 331 g/mol. The van der Waals surface area contributed by atoms with Crippen molar-refractivity contribution in [3.63, 3.8) is 0 Å². The summed E-state index contributed by atoms with van der Waals surface area (Å²) in [5.74, 6) is 0. The predicted octanol–water partition coefficient (Wildman–Crippen LogP) is 2.49. The van der Waals surface area contributed by atoms with Crippen molar-refractivity contribution in [3.8, 4) is 17.3 Å². The van der Waals surface area contributed by atoms with Gasteiger partial charge in [-0.1, -0.05) is 6.07 Å². The third kappa shape index (κ3) is 3.09. The molecule has 0 unspecified atom stereocenters. The minimum atomic E-state index is -4.83. The average molecular weight is 343 g/mol. The SMILES string of the molecule is CNS(=O)(=O)c1ccc(-c2ccc(C#N)n2C)cc1C(F)(F)F. The first-order valence-electron chi connectivity index (χ1n) is 6.33. The third-order valence-electron chi connectivity index (χ3n) is 3.38. The number of hydrogen-bond acceptors (Lipinski definition) is 3. The lowest BCUT2D eigenvalue weighted by Gasteiger charge is -2.15. The number of rotatable bonds is 3. The Labute approximate surface area is 131 Å². The molecule has 0 amide bonds. The molecule has 2 rings (SSSR count). The largest absolute Gasteiger partial charge is 0.417 e. The van der Waals surface area contributed by atoms with Crippen LogP contribution in [0, 0.1) is 11.3 Å². The van der Waals surface area contributed by atoms with Gasteiger partial charge in [-0.25, -0.2) is 13.1 Å². The van der Waals surface area contributed by atoms with Gasteiger partial charge in [0, 0.05) is 12.7 Å². The Balaban J connectivity index is 2.72. The fraction of sp³-hybridized carbons (Fsp3) is 0.214. The second-order valence-corrected chi connectivity index (χ2v) is 6.55. The van der Waals surface area contributed by atoms with Crippen molar-refractivity contribution in [1.82, 2.24) is 9.29 Å². The third-order valence-corrected chi connectivity index (χ3v) is 4.85. The molecule has 0 spiro atoms. The lowest BCUT2D eigenvalue weighted by atomic mass is 10.1. The van der Waals surface area contributed by atoms with Crippen LogP contribution in [0.15, 0.2) is 35.2 Å². The van der Waals surface area contributed by atoms with Crippen LogP contribution in [0.3, 0.4) is 0 Å². The van der Waals surface area contributed by atoms with Gasteiger partial charge in [-0.15, -0.1) is 0 Å². The van der Waals surface area contributed by atoms with Crippen molar-refractivity contribution < 1.29 is 21.6 Å². The zero-order valence-corrected chi connectivity index (χ0v) is 13.0. The lowest BCUT2D eigenvalue weighted by Crippen LogP contribution is -2.22. The van der Waals surface area contributed by atoms with Crippen LogP contribution in [0.4, 0.5) is 13.2 Å². The van der Waals surface area contributed by atoms with Gasteiger partial charge in [0.05, 0.1) is 10.5 Å². The van der Waals surface area contributed by atoms with Gasteiger partial charge in [-0.3, -0.25) is 0 Å². The van der Waals surface area contributed by atoms with E-state index in [4.69, 9.17) is 5.26 Å². The second kappa shape index (κ2) is 5.72. The van der Waals surface area contributed by atoms with E-state index in [1.807, 2.05) is 10.8 Å². The highest BCUT2D eigenvalue weighted by Gasteiger charge is 2.37. The van der Waals surface area contributed by atoms with Crippen molar-refractivity contribution in [3.05, 3.63) is 41.6 Å². The van der Waals surface area contributed by atoms with E-state index in [0.29, 0.717) is 5.69 Å². The van der Waals surface area contributed by atoms with E-state index in [1.54, 1.807) is 7.05 Å². The summed E-state index contributed by atoms with van der Waals surface area (Å²) in [6, 6.07) is 7.83. The Kier molecular flexibility index (Phi) is 4.24. The minimum absolute atomic E-state index is 0.163. The fourth-order valence-electron chi connectivity index (χ4n) is 2.17. The van der Waals surface area contributed by atoms with Crippen LogP contribution in [0.5, 0.6) is 0 Å². The molecule has 23 heavy (non-hydrogen) atoms. The molecule has 0 aliphatic carbocycles. The maximum absolute atomic E-state index is 13.2. The van der Waals surface area contributed by atoms with E-state index in [1.165, 1.54) is 22.8 Å². The molecule has 1 aromatic heterocycles. The molecule has 122 valence electrons. The minimum Gasteiger partial charge on any atom is -0.335 e. The number of benzene rings is 1. The lowest BCUT2D eigenvalue weighted by molar-refractivity contribution is -0.139. The Morgan fingerprint density at radius 1 is 1.22 bits per heavy atom. The highest BCUT2D eigenvalue weighted by molar-refractivity contribution is 7.89. The summed E-state index contributed by atoms with van der Waals surface area (Å²) >= 11 is 0. The predicted molar refractivity (Wildman–Crippen MR) is 76.8 cm³/mol. The van der Waals surface area contributed by atoms with Crippen molar-refractivity contribution in [2.45, 2.75) is 11.1 Å². The molecule has 0 atom stereocenters. The number of nitrogens with one attached hydrogen (secondary N) is 1. The highest BCUT2D eigenvalue weighted by Crippen LogP contribution is 2.37. The molecule has 5 nitrogen and oxygen atoms in total. The van der Waals surface area contributed by atoms with Crippen molar-refractivity contribution in [1.29, 1.82) is 5.26 Å². The van der Waals surface area contributed by atoms with Gasteiger partial charge < -0.3 is 4.57 Å². The molecule has 1 aromatic carbocycles. The molecule has 0 radical (unpaired) electrons. The van der Waals surface area contributed by atoms with E-state index >= 15 is 0 Å². The van der Waals surface area contributed by atoms with Crippen molar-refractivity contribution >= 4 is 10.0 Å². The molecule has 9 heteroatoms. The summed E-state index contributed by atoms with van der Waals surface area (Å²) in [5.41, 5.74) is -0.443. The standard InChI is InChI=1S/C14H12F3N3O2S/c1-19-23(21,22)13-6-3-9(7-11(13)14(15,16)17)12-5-4-10(8-18)20(12)2/h3-7,19H,1-2H3. The first kappa shape index (κ1) is 17.1. The molecule has 0 bridgehead atoms. The van der Waals surface area contributed by atoms with E-state index in [9.17, 15) is 21.6 Å². The van der Waals surface area contributed by atoms with Gasteiger partial charge in [0.25, 0.3) is 0 Å². The van der Waals surface area contributed by atoms with Gasteiger partial charge in [-0.05, 0) is 36.9 Å². The summed E-state index contributed by atoms with van der Waals surface area (Å²) in [6.45, 7) is 0. The van der Waals surface area contributed by atoms with Gasteiger partial charge in [-0.2, -0.15) is 18.4 Å². The Bertz CT molecular complexity index is 893. The zero-order chi connectivity index (χ0) is 17.4. The summed E-state index contributed by atoms with van der Waals surface area (Å²) in [5, 5.41) is 8.91. The molecule has 2 aromatic rings. The first-order chi connectivity index (χ1) is 10.6. The molecule has 1 heterocycles. The van der Waals surface area contributed by atoms with E-state index < -0.39 is 26.7 Å². The number of hydrogen-bond donors (Lipinski definition) is 1. The van der Waals surface area contributed by atoms with Crippen LogP contribution in [0.1, 0.15) is 11.3 Å². The Morgan fingerprint density at radius 3 is 2.35 bits per heavy atom. The number of halogens is 3. The molecule has 0 saturated carbocycles. The summed E-state index contributed by atoms with van der Waals surface area (Å²) in [7, 11) is -1.67. The summed E-state index contributed by atoms with van der Waals surface area (Å²) in [6.07, 6.45) is -4.83. The average Bonchev–Trinajstić information content (AvgIpc) is 2.86. The van der Waals surface area contributed by atoms with Gasteiger partial charge in [0.15, 0.2) is 0 Å². The number of alkyl halides is 3. The fourth-order valence-corrected chi connectivity index (χ4v) is 3.10. The van der Waals surface area contributed by atoms with Crippen LogP contribution in [-0.2, 0) is 23.2 Å². The smallest absolute Gasteiger partial charge is 0.335 e. The van der Waals surface area contributed by atoms with E-state index in [2.05, 4.69) is 0 Å². The second-order valence-electron chi connectivity index (χ2n) is 4.69. The highest BCUT2D eigenvalue weighted by atomic mass is 32.2. The molecular formula is C14H12F3N3O2S.